The van der Waals surface area contributed by atoms with Gasteiger partial charge in [0, 0.05) is 60.6 Å². The Morgan fingerprint density at radius 3 is 0.912 bits per heavy atom. The van der Waals surface area contributed by atoms with Crippen LogP contribution in [0.25, 0.3) is 0 Å². The lowest BCUT2D eigenvalue weighted by molar-refractivity contribution is 0.0950. The lowest BCUT2D eigenvalue weighted by Gasteiger charge is -2.16. The summed E-state index contributed by atoms with van der Waals surface area (Å²) in [6.07, 6.45) is 3.18. The van der Waals surface area contributed by atoms with E-state index in [1.54, 1.807) is 24.5 Å². The third-order valence-electron chi connectivity index (χ3n) is 10.3. The van der Waals surface area contributed by atoms with Crippen LogP contribution in [0.3, 0.4) is 0 Å². The van der Waals surface area contributed by atoms with Crippen LogP contribution in [0.5, 0.6) is 34.5 Å². The van der Waals surface area contributed by atoms with E-state index in [9.17, 15) is 4.79 Å². The predicted molar refractivity (Wildman–Crippen MR) is 277 cm³/mol. The van der Waals surface area contributed by atoms with Crippen LogP contribution in [-0.4, -0.2) is 10.9 Å². The smallest absolute Gasteiger partial charge is 0.251 e. The number of hydrogen-bond donors (Lipinski definition) is 1. The summed E-state index contributed by atoms with van der Waals surface area (Å²) in [5.41, 5.74) is 7.04. The molecule has 1 aromatic heterocycles. The molecule has 0 aliphatic heterocycles. The highest BCUT2D eigenvalue weighted by atomic mass is 79.9. The van der Waals surface area contributed by atoms with Crippen LogP contribution < -0.4 is 33.7 Å². The summed E-state index contributed by atoms with van der Waals surface area (Å²) in [7, 11) is 0. The molecule has 0 saturated carbocycles. The Balaban J connectivity index is 1.02. The topological polar surface area (TPSA) is 97.4 Å². The maximum Gasteiger partial charge on any atom is 0.251 e. The fourth-order valence-electron chi connectivity index (χ4n) is 6.77. The average Bonchev–Trinajstić information content (AvgIpc) is 3.36. The van der Waals surface area contributed by atoms with Crippen LogP contribution >= 0.6 is 63.7 Å². The number of carbonyl (C=O) groups is 1. The van der Waals surface area contributed by atoms with E-state index in [0.29, 0.717) is 66.5 Å². The fourth-order valence-corrected chi connectivity index (χ4v) is 7.83. The highest BCUT2D eigenvalue weighted by molar-refractivity contribution is 9.11. The number of pyridine rings is 1. The second kappa shape index (κ2) is 24.2. The van der Waals surface area contributed by atoms with Gasteiger partial charge in [0.1, 0.15) is 74.1 Å². The molecule has 344 valence electrons. The van der Waals surface area contributed by atoms with E-state index < -0.39 is 0 Å². The predicted octanol–water partition coefficient (Wildman–Crippen LogP) is 14.5. The maximum atomic E-state index is 13.1. The van der Waals surface area contributed by atoms with Crippen molar-refractivity contribution < 1.29 is 33.2 Å². The van der Waals surface area contributed by atoms with Crippen LogP contribution in [0.4, 0.5) is 0 Å². The summed E-state index contributed by atoms with van der Waals surface area (Å²) in [6, 6.07) is 52.6. The van der Waals surface area contributed by atoms with E-state index in [0.717, 1.165) is 56.8 Å². The van der Waals surface area contributed by atoms with Gasteiger partial charge in [-0.15, -0.1) is 0 Å². The van der Waals surface area contributed by atoms with Gasteiger partial charge >= 0.3 is 0 Å². The van der Waals surface area contributed by atoms with Gasteiger partial charge in [-0.25, -0.2) is 0 Å². The summed E-state index contributed by atoms with van der Waals surface area (Å²) >= 11 is 14.0. The van der Waals surface area contributed by atoms with Gasteiger partial charge in [-0.2, -0.15) is 0 Å². The minimum Gasteiger partial charge on any atom is -0.489 e. The van der Waals surface area contributed by atoms with Gasteiger partial charge in [-0.05, 0) is 136 Å². The second-order valence-electron chi connectivity index (χ2n) is 15.6. The molecule has 0 aliphatic carbocycles. The molecule has 0 bridgehead atoms. The first-order valence-corrected chi connectivity index (χ1v) is 24.7. The van der Waals surface area contributed by atoms with Crippen LogP contribution in [0, 0.1) is 0 Å². The first kappa shape index (κ1) is 48.3. The van der Waals surface area contributed by atoms with E-state index in [2.05, 4.69) is 74.0 Å². The quantitative estimate of drug-likeness (QED) is 0.0760. The highest BCUT2D eigenvalue weighted by Gasteiger charge is 2.12. The Kier molecular flexibility index (Phi) is 17.2. The molecule has 1 N–H and O–H groups in total. The molecule has 7 aromatic carbocycles. The molecule has 0 aliphatic rings. The van der Waals surface area contributed by atoms with Crippen LogP contribution in [-0.2, 0) is 46.2 Å². The third kappa shape index (κ3) is 15.2. The van der Waals surface area contributed by atoms with Crippen molar-refractivity contribution >= 4 is 69.6 Å². The molecule has 8 rings (SSSR count). The van der Waals surface area contributed by atoms with E-state index in [1.807, 2.05) is 152 Å². The van der Waals surface area contributed by atoms with Crippen LogP contribution in [0.2, 0.25) is 0 Å². The maximum absolute atomic E-state index is 13.1. The number of carbonyl (C=O) groups excluding carboxylic acids is 1. The largest absolute Gasteiger partial charge is 0.489 e. The van der Waals surface area contributed by atoms with Crippen molar-refractivity contribution in [3.63, 3.8) is 0 Å². The Labute approximate surface area is 429 Å². The minimum absolute atomic E-state index is 0.188. The Hall–Kier alpha value is -6.12. The molecule has 8 aromatic rings. The molecular weight excluding hydrogens is 1120 g/mol. The summed E-state index contributed by atoms with van der Waals surface area (Å²) < 4.78 is 42.2. The standard InChI is InChI=1S/C55H44Br4N2O7/c56-45-9-1-37(2-10-45)31-63-51-23-42(24-52(28-51)64-32-38-3-11-46(57)12-4-38)35-67-49-21-41(30-61-55(62)44-17-19-60-20-18-44)22-50(27-49)68-36-43-25-53(65-33-39-5-13-47(58)14-6-39)29-54(26-43)66-34-40-7-15-48(59)16-8-40/h1-29H,30-36H2,(H,61,62). The highest BCUT2D eigenvalue weighted by Crippen LogP contribution is 2.31. The third-order valence-corrected chi connectivity index (χ3v) is 12.4. The molecule has 0 fully saturated rings. The van der Waals surface area contributed by atoms with E-state index in [1.165, 1.54) is 0 Å². The van der Waals surface area contributed by atoms with E-state index in [4.69, 9.17) is 28.4 Å². The molecule has 1 amide bonds. The monoisotopic (exact) mass is 1160 g/mol. The molecule has 0 atom stereocenters. The van der Waals surface area contributed by atoms with Gasteiger partial charge in [-0.3, -0.25) is 9.78 Å². The van der Waals surface area contributed by atoms with Crippen molar-refractivity contribution in [3.8, 4) is 34.5 Å². The molecule has 13 heteroatoms. The fraction of sp³-hybridized carbons (Fsp3) is 0.127. The van der Waals surface area contributed by atoms with Crippen LogP contribution in [0.1, 0.15) is 49.3 Å². The van der Waals surface area contributed by atoms with Crippen molar-refractivity contribution in [2.75, 3.05) is 0 Å². The number of halogens is 4. The number of benzene rings is 7. The summed E-state index contributed by atoms with van der Waals surface area (Å²) in [4.78, 5) is 17.2. The van der Waals surface area contributed by atoms with Crippen molar-refractivity contribution in [1.82, 2.24) is 10.3 Å². The molecular formula is C55H44Br4N2O7. The number of ether oxygens (including phenoxy) is 6. The van der Waals surface area contributed by atoms with Crippen molar-refractivity contribution in [2.24, 2.45) is 0 Å². The van der Waals surface area contributed by atoms with Gasteiger partial charge in [-0.1, -0.05) is 112 Å². The van der Waals surface area contributed by atoms with Gasteiger partial charge in [0.15, 0.2) is 0 Å². The van der Waals surface area contributed by atoms with Gasteiger partial charge < -0.3 is 33.7 Å². The first-order valence-electron chi connectivity index (χ1n) is 21.5. The zero-order chi connectivity index (χ0) is 47.1. The molecule has 0 saturated heterocycles. The normalized spacial score (nSPS) is 10.8. The SMILES string of the molecule is O=C(NCc1cc(OCc2cc(OCc3ccc(Br)cc3)cc(OCc3ccc(Br)cc3)c2)cc(OCc2cc(OCc3ccc(Br)cc3)cc(OCc3ccc(Br)cc3)c2)c1)c1ccncc1. The summed E-state index contributed by atoms with van der Waals surface area (Å²) in [6.45, 7) is 2.08. The number of nitrogens with zero attached hydrogens (tertiary/aromatic N) is 1. The average molecular weight is 1160 g/mol. The molecule has 0 radical (unpaired) electrons. The molecule has 1 heterocycles. The first-order chi connectivity index (χ1) is 33.1. The Bertz CT molecular complexity index is 2600. The molecule has 0 unspecified atom stereocenters. The summed E-state index contributed by atoms with van der Waals surface area (Å²) in [5.74, 6) is 3.41. The number of aromatic nitrogens is 1. The van der Waals surface area contributed by atoms with E-state index >= 15 is 0 Å². The minimum atomic E-state index is -0.229. The molecule has 68 heavy (non-hydrogen) atoms. The lowest BCUT2D eigenvalue weighted by atomic mass is 10.1. The van der Waals surface area contributed by atoms with Gasteiger partial charge in [0.05, 0.1) is 0 Å². The van der Waals surface area contributed by atoms with Crippen LogP contribution in [0.15, 0.2) is 194 Å². The van der Waals surface area contributed by atoms with E-state index in [-0.39, 0.29) is 25.7 Å². The second-order valence-corrected chi connectivity index (χ2v) is 19.3. The van der Waals surface area contributed by atoms with Crippen molar-refractivity contribution in [2.45, 2.75) is 46.2 Å². The van der Waals surface area contributed by atoms with Crippen molar-refractivity contribution in [1.29, 1.82) is 0 Å². The van der Waals surface area contributed by atoms with Crippen molar-refractivity contribution in [3.05, 3.63) is 239 Å². The number of nitrogens with one attached hydrogen (secondary N) is 1. The molecule has 0 spiro atoms. The van der Waals surface area contributed by atoms with Gasteiger partial charge in [0.25, 0.3) is 5.91 Å². The zero-order valence-electron chi connectivity index (χ0n) is 36.5. The Morgan fingerprint density at radius 2 is 0.618 bits per heavy atom. The number of rotatable bonds is 21. The summed E-state index contributed by atoms with van der Waals surface area (Å²) in [5, 5.41) is 3.01. The number of hydrogen-bond acceptors (Lipinski definition) is 8. The Morgan fingerprint density at radius 1 is 0.353 bits per heavy atom. The molecule has 9 nitrogen and oxygen atoms in total. The van der Waals surface area contributed by atoms with Gasteiger partial charge in [0.2, 0.25) is 0 Å². The zero-order valence-corrected chi connectivity index (χ0v) is 42.9. The lowest BCUT2D eigenvalue weighted by Crippen LogP contribution is -2.22. The number of amides is 1.